The van der Waals surface area contributed by atoms with Gasteiger partial charge in [-0.1, -0.05) is 24.3 Å². The van der Waals surface area contributed by atoms with Gasteiger partial charge in [-0.2, -0.15) is 0 Å². The van der Waals surface area contributed by atoms with Crippen molar-refractivity contribution in [2.75, 3.05) is 33.2 Å². The Balaban J connectivity index is 1.81. The molecule has 0 saturated carbocycles. The summed E-state index contributed by atoms with van der Waals surface area (Å²) < 4.78 is 41.2. The van der Waals surface area contributed by atoms with Crippen molar-refractivity contribution in [1.29, 1.82) is 0 Å². The lowest BCUT2D eigenvalue weighted by atomic mass is 10.0. The lowest BCUT2D eigenvalue weighted by Crippen LogP contribution is -2.47. The summed E-state index contributed by atoms with van der Waals surface area (Å²) in [5.74, 6) is -0.353. The number of benzene rings is 2. The van der Waals surface area contributed by atoms with Gasteiger partial charge in [-0.25, -0.2) is 0 Å². The Morgan fingerprint density at radius 3 is 2.23 bits per heavy atom. The van der Waals surface area contributed by atoms with Crippen LogP contribution in [0.25, 0.3) is 11.1 Å². The number of likely N-dealkylation sites (N-methyl/N-ethyl adjacent to an activating group) is 1. The van der Waals surface area contributed by atoms with Crippen molar-refractivity contribution < 1.29 is 22.7 Å². The maximum absolute atomic E-state index is 12.7. The maximum atomic E-state index is 12.7. The van der Waals surface area contributed by atoms with Gasteiger partial charge in [0.25, 0.3) is 5.91 Å². The van der Waals surface area contributed by atoms with Gasteiger partial charge < -0.3 is 14.5 Å². The van der Waals surface area contributed by atoms with Crippen LogP contribution in [0, 0.1) is 0 Å². The highest BCUT2D eigenvalue weighted by molar-refractivity contribution is 5.95. The average molecular weight is 364 g/mol. The van der Waals surface area contributed by atoms with Gasteiger partial charge in [0, 0.05) is 31.7 Å². The number of hydrogen-bond donors (Lipinski definition) is 0. The zero-order chi connectivity index (χ0) is 18.7. The minimum atomic E-state index is -4.74. The zero-order valence-electron chi connectivity index (χ0n) is 14.3. The number of amides is 1. The first kappa shape index (κ1) is 18.3. The molecule has 2 aromatic carbocycles. The van der Waals surface area contributed by atoms with E-state index in [1.807, 2.05) is 7.05 Å². The summed E-state index contributed by atoms with van der Waals surface area (Å²) in [6.45, 7) is 2.97. The molecule has 2 aromatic rings. The Morgan fingerprint density at radius 2 is 1.58 bits per heavy atom. The number of carbonyl (C=O) groups is 1. The minimum Gasteiger partial charge on any atom is -0.406 e. The molecule has 1 heterocycles. The lowest BCUT2D eigenvalue weighted by Gasteiger charge is -2.32. The molecule has 26 heavy (non-hydrogen) atoms. The molecule has 0 radical (unpaired) electrons. The van der Waals surface area contributed by atoms with Crippen LogP contribution in [0.3, 0.4) is 0 Å². The van der Waals surface area contributed by atoms with Crippen molar-refractivity contribution in [2.24, 2.45) is 0 Å². The second-order valence-corrected chi connectivity index (χ2v) is 6.25. The molecule has 138 valence electrons. The molecule has 0 aromatic heterocycles. The van der Waals surface area contributed by atoms with Crippen LogP contribution in [-0.4, -0.2) is 55.3 Å². The third-order valence-corrected chi connectivity index (χ3v) is 4.30. The van der Waals surface area contributed by atoms with Crippen LogP contribution in [-0.2, 0) is 0 Å². The maximum Gasteiger partial charge on any atom is 0.573 e. The molecular formula is C19H19F3N2O2. The summed E-state index contributed by atoms with van der Waals surface area (Å²) in [4.78, 5) is 16.6. The summed E-state index contributed by atoms with van der Waals surface area (Å²) >= 11 is 0. The molecule has 3 rings (SSSR count). The van der Waals surface area contributed by atoms with E-state index in [2.05, 4.69) is 9.64 Å². The molecule has 1 aliphatic rings. The molecule has 7 heteroatoms. The zero-order valence-corrected chi connectivity index (χ0v) is 14.3. The molecule has 1 fully saturated rings. The fraction of sp³-hybridized carbons (Fsp3) is 0.316. The molecular weight excluding hydrogens is 345 g/mol. The lowest BCUT2D eigenvalue weighted by molar-refractivity contribution is -0.274. The number of rotatable bonds is 3. The Hall–Kier alpha value is -2.54. The van der Waals surface area contributed by atoms with Gasteiger partial charge in [-0.3, -0.25) is 4.79 Å². The van der Waals surface area contributed by atoms with Crippen molar-refractivity contribution in [3.8, 4) is 16.9 Å². The van der Waals surface area contributed by atoms with Crippen LogP contribution in [0.4, 0.5) is 13.2 Å². The molecule has 4 nitrogen and oxygen atoms in total. The minimum absolute atomic E-state index is 0.0670. The van der Waals surface area contributed by atoms with Crippen LogP contribution < -0.4 is 4.74 Å². The van der Waals surface area contributed by atoms with Crippen LogP contribution in [0.2, 0.25) is 0 Å². The Bertz CT molecular complexity index is 784. The van der Waals surface area contributed by atoms with E-state index in [1.54, 1.807) is 35.2 Å². The van der Waals surface area contributed by atoms with Crippen LogP contribution in [0.5, 0.6) is 5.75 Å². The molecule has 0 atom stereocenters. The van der Waals surface area contributed by atoms with E-state index < -0.39 is 6.36 Å². The highest BCUT2D eigenvalue weighted by Crippen LogP contribution is 2.28. The van der Waals surface area contributed by atoms with E-state index in [0.717, 1.165) is 13.1 Å². The molecule has 0 N–H and O–H groups in total. The molecule has 0 bridgehead atoms. The van der Waals surface area contributed by atoms with Gasteiger partial charge in [-0.15, -0.1) is 13.2 Å². The molecule has 0 unspecified atom stereocenters. The van der Waals surface area contributed by atoms with Crippen molar-refractivity contribution in [3.63, 3.8) is 0 Å². The number of nitrogens with zero attached hydrogens (tertiary/aromatic N) is 2. The quantitative estimate of drug-likeness (QED) is 0.834. The van der Waals surface area contributed by atoms with Crippen LogP contribution in [0.15, 0.2) is 48.5 Å². The molecule has 1 aliphatic heterocycles. The predicted octanol–water partition coefficient (Wildman–Crippen LogP) is 3.64. The first-order valence-electron chi connectivity index (χ1n) is 8.26. The third-order valence-electron chi connectivity index (χ3n) is 4.30. The topological polar surface area (TPSA) is 32.8 Å². The van der Waals surface area contributed by atoms with Gasteiger partial charge >= 0.3 is 6.36 Å². The smallest absolute Gasteiger partial charge is 0.406 e. The van der Waals surface area contributed by atoms with Crippen molar-refractivity contribution in [2.45, 2.75) is 6.36 Å². The van der Waals surface area contributed by atoms with E-state index in [1.165, 1.54) is 18.2 Å². The predicted molar refractivity (Wildman–Crippen MR) is 92.0 cm³/mol. The Morgan fingerprint density at radius 1 is 0.962 bits per heavy atom. The molecule has 1 amide bonds. The Labute approximate surface area is 149 Å². The van der Waals surface area contributed by atoms with Gasteiger partial charge in [-0.05, 0) is 42.4 Å². The second kappa shape index (κ2) is 7.37. The van der Waals surface area contributed by atoms with Gasteiger partial charge in [0.05, 0.1) is 0 Å². The normalized spacial score (nSPS) is 15.8. The number of hydrogen-bond acceptors (Lipinski definition) is 3. The largest absolute Gasteiger partial charge is 0.573 e. The summed E-state index contributed by atoms with van der Waals surface area (Å²) in [7, 11) is 2.01. The van der Waals surface area contributed by atoms with E-state index in [9.17, 15) is 18.0 Å². The van der Waals surface area contributed by atoms with Gasteiger partial charge in [0.2, 0.25) is 0 Å². The number of halogens is 3. The summed E-state index contributed by atoms with van der Waals surface area (Å²) in [5, 5.41) is 0. The summed E-state index contributed by atoms with van der Waals surface area (Å²) in [5.41, 5.74) is 1.74. The van der Waals surface area contributed by atoms with E-state index in [-0.39, 0.29) is 11.7 Å². The van der Waals surface area contributed by atoms with Crippen molar-refractivity contribution in [3.05, 3.63) is 54.1 Å². The van der Waals surface area contributed by atoms with Crippen molar-refractivity contribution >= 4 is 5.91 Å². The van der Waals surface area contributed by atoms with Crippen molar-refractivity contribution in [1.82, 2.24) is 9.80 Å². The standard InChI is InChI=1S/C19H19F3N2O2/c1-23-8-10-24(11-9-23)18(25)16-6-2-4-14(12-16)15-5-3-7-17(13-15)26-19(20,21)22/h2-7,12-13H,8-11H2,1H3. The SMILES string of the molecule is CN1CCN(C(=O)c2cccc(-c3cccc(OC(F)(F)F)c3)c2)CC1. The molecule has 0 spiro atoms. The monoisotopic (exact) mass is 364 g/mol. The highest BCUT2D eigenvalue weighted by atomic mass is 19.4. The summed E-state index contributed by atoms with van der Waals surface area (Å²) in [6, 6.07) is 12.6. The van der Waals surface area contributed by atoms with E-state index >= 15 is 0 Å². The summed E-state index contributed by atoms with van der Waals surface area (Å²) in [6.07, 6.45) is -4.74. The third kappa shape index (κ3) is 4.54. The van der Waals surface area contributed by atoms with E-state index in [0.29, 0.717) is 29.8 Å². The molecule has 0 aliphatic carbocycles. The fourth-order valence-corrected chi connectivity index (χ4v) is 2.90. The number of alkyl halides is 3. The van der Waals surface area contributed by atoms with Crippen LogP contribution in [0.1, 0.15) is 10.4 Å². The first-order chi connectivity index (χ1) is 12.3. The molecule has 1 saturated heterocycles. The van der Waals surface area contributed by atoms with Crippen LogP contribution >= 0.6 is 0 Å². The fourth-order valence-electron chi connectivity index (χ4n) is 2.90. The Kier molecular flexibility index (Phi) is 5.18. The second-order valence-electron chi connectivity index (χ2n) is 6.25. The average Bonchev–Trinajstić information content (AvgIpc) is 2.61. The van der Waals surface area contributed by atoms with Gasteiger partial charge in [0.15, 0.2) is 0 Å². The number of piperazine rings is 1. The van der Waals surface area contributed by atoms with E-state index in [4.69, 9.17) is 0 Å². The first-order valence-corrected chi connectivity index (χ1v) is 8.26. The number of ether oxygens (including phenoxy) is 1. The number of carbonyl (C=O) groups excluding carboxylic acids is 1. The van der Waals surface area contributed by atoms with Gasteiger partial charge in [0.1, 0.15) is 5.75 Å². The highest BCUT2D eigenvalue weighted by Gasteiger charge is 2.31.